The number of carbonyl (C=O) groups excluding carboxylic acids is 3. The number of halogens is 1. The number of nitrogens with zero attached hydrogens (tertiary/aromatic N) is 5. The van der Waals surface area contributed by atoms with E-state index in [2.05, 4.69) is 26.1 Å². The highest BCUT2D eigenvalue weighted by molar-refractivity contribution is 6.20. The van der Waals surface area contributed by atoms with Crippen LogP contribution < -0.4 is 15.5 Å². The second-order valence-corrected chi connectivity index (χ2v) is 8.56. The van der Waals surface area contributed by atoms with Gasteiger partial charge in [-0.25, -0.2) is 9.18 Å². The number of hydrogen-bond acceptors (Lipinski definition) is 9. The summed E-state index contributed by atoms with van der Waals surface area (Å²) < 4.78 is 28.5. The Bertz CT molecular complexity index is 1320. The molecule has 0 saturated carbocycles. The Morgan fingerprint density at radius 3 is 2.67 bits per heavy atom. The largest absolute Gasteiger partial charge is 0.372 e. The van der Waals surface area contributed by atoms with Gasteiger partial charge in [0, 0.05) is 13.0 Å². The lowest BCUT2D eigenvalue weighted by Gasteiger charge is -2.55. The number of rotatable bonds is 1. The molecule has 3 aliphatic heterocycles. The Hall–Kier alpha value is -3.87. The average Bonchev–Trinajstić information content (AvgIpc) is 3.41. The van der Waals surface area contributed by atoms with Gasteiger partial charge in [-0.05, 0) is 25.5 Å². The lowest BCUT2D eigenvalue weighted by molar-refractivity contribution is -0.153. The van der Waals surface area contributed by atoms with Crippen molar-refractivity contribution in [2.45, 2.75) is 38.5 Å². The molecule has 33 heavy (non-hydrogen) atoms. The van der Waals surface area contributed by atoms with Gasteiger partial charge in [0.15, 0.2) is 11.2 Å². The fourth-order valence-corrected chi connectivity index (χ4v) is 5.42. The molecule has 4 amide bonds. The molecule has 3 unspecified atom stereocenters. The Kier molecular flexibility index (Phi) is 3.94. The number of morpholine rings is 1. The molecule has 3 aliphatic rings. The lowest BCUT2D eigenvalue weighted by atomic mass is 9.66. The first kappa shape index (κ1) is 19.8. The van der Waals surface area contributed by atoms with E-state index in [0.717, 1.165) is 0 Å². The molecule has 5 heterocycles. The van der Waals surface area contributed by atoms with E-state index in [1.807, 2.05) is 6.92 Å². The quantitative estimate of drug-likeness (QED) is 0.499. The molecule has 1 spiro atoms. The maximum atomic E-state index is 15.9. The molecule has 3 atom stereocenters. The number of anilines is 1. The molecule has 0 bridgehead atoms. The first-order valence-corrected chi connectivity index (χ1v) is 10.4. The topological polar surface area (TPSA) is 144 Å². The number of amides is 4. The van der Waals surface area contributed by atoms with Gasteiger partial charge in [0.25, 0.3) is 0 Å². The molecule has 13 heteroatoms. The predicted octanol–water partition coefficient (Wildman–Crippen LogP) is 0.438. The van der Waals surface area contributed by atoms with Crippen LogP contribution in [-0.4, -0.2) is 62.8 Å². The molecular weight excluding hydrogens is 437 g/mol. The van der Waals surface area contributed by atoms with Gasteiger partial charge in [0.2, 0.25) is 23.2 Å². The Morgan fingerprint density at radius 1 is 1.21 bits per heavy atom. The van der Waals surface area contributed by atoms with Gasteiger partial charge in [-0.1, -0.05) is 10.4 Å². The maximum Gasteiger partial charge on any atom is 0.328 e. The normalized spacial score (nSPS) is 26.2. The van der Waals surface area contributed by atoms with Gasteiger partial charge in [0.05, 0.1) is 41.7 Å². The SMILES string of the molecule is CC1CN2c3c(cc4c(-n5ccnn5)noc4c3F)CC3(C(=O)NC(=O)NC3=O)C2C(C)O1. The first-order valence-electron chi connectivity index (χ1n) is 10.4. The van der Waals surface area contributed by atoms with Crippen LogP contribution in [0, 0.1) is 11.2 Å². The molecule has 170 valence electrons. The Balaban J connectivity index is 1.61. The van der Waals surface area contributed by atoms with Crippen LogP contribution >= 0.6 is 0 Å². The zero-order chi connectivity index (χ0) is 23.1. The summed E-state index contributed by atoms with van der Waals surface area (Å²) in [5, 5.41) is 16.3. The fourth-order valence-electron chi connectivity index (χ4n) is 5.42. The highest BCUT2D eigenvalue weighted by Crippen LogP contribution is 2.49. The molecule has 6 rings (SSSR count). The Morgan fingerprint density at radius 2 is 1.97 bits per heavy atom. The van der Waals surface area contributed by atoms with Crippen LogP contribution in [0.25, 0.3) is 16.8 Å². The van der Waals surface area contributed by atoms with E-state index in [1.165, 1.54) is 17.1 Å². The van der Waals surface area contributed by atoms with Crippen LogP contribution in [0.2, 0.25) is 0 Å². The van der Waals surface area contributed by atoms with Crippen molar-refractivity contribution in [1.82, 2.24) is 30.8 Å². The van der Waals surface area contributed by atoms with Crippen LogP contribution in [0.1, 0.15) is 19.4 Å². The number of barbiturate groups is 1. The van der Waals surface area contributed by atoms with Gasteiger partial charge in [-0.3, -0.25) is 20.2 Å². The molecular formula is C20H18FN7O5. The fraction of sp³-hybridized carbons (Fsp3) is 0.400. The second kappa shape index (κ2) is 6.57. The number of carbonyl (C=O) groups is 3. The van der Waals surface area contributed by atoms with Gasteiger partial charge < -0.3 is 14.2 Å². The minimum absolute atomic E-state index is 0.0755. The third-order valence-electron chi connectivity index (χ3n) is 6.59. The number of benzene rings is 1. The van der Waals surface area contributed by atoms with Crippen LogP contribution in [0.5, 0.6) is 0 Å². The van der Waals surface area contributed by atoms with E-state index in [-0.39, 0.29) is 36.2 Å². The Labute approximate surface area is 185 Å². The molecule has 2 aromatic heterocycles. The number of nitrogens with one attached hydrogen (secondary N) is 2. The minimum Gasteiger partial charge on any atom is -0.372 e. The standard InChI is InChI=1S/C20H18FN7O5/c1-8-7-27-13-10(5-11-14(12(13)21)33-25-16(11)28-4-3-22-26-28)6-20(15(27)9(2)32-8)17(29)23-19(31)24-18(20)30/h3-5,8-9,15H,6-7H2,1-2H3,(H2,23,24,29,30,31). The molecule has 1 aromatic carbocycles. The number of ether oxygens (including phenoxy) is 1. The molecule has 0 aliphatic carbocycles. The predicted molar refractivity (Wildman–Crippen MR) is 108 cm³/mol. The van der Waals surface area contributed by atoms with Crippen LogP contribution in [0.3, 0.4) is 0 Å². The van der Waals surface area contributed by atoms with Crippen LogP contribution in [-0.2, 0) is 20.7 Å². The molecule has 2 N–H and O–H groups in total. The van der Waals surface area contributed by atoms with Crippen LogP contribution in [0.15, 0.2) is 23.0 Å². The highest BCUT2D eigenvalue weighted by Gasteiger charge is 2.63. The van der Waals surface area contributed by atoms with Crippen molar-refractivity contribution >= 4 is 34.5 Å². The van der Waals surface area contributed by atoms with E-state index in [0.29, 0.717) is 10.9 Å². The van der Waals surface area contributed by atoms with Gasteiger partial charge in [-0.2, -0.15) is 4.68 Å². The van der Waals surface area contributed by atoms with Crippen molar-refractivity contribution in [2.24, 2.45) is 5.41 Å². The number of hydrogen-bond donors (Lipinski definition) is 2. The van der Waals surface area contributed by atoms with E-state index in [9.17, 15) is 14.4 Å². The van der Waals surface area contributed by atoms with Crippen LogP contribution in [0.4, 0.5) is 14.9 Å². The summed E-state index contributed by atoms with van der Waals surface area (Å²) in [6.07, 6.45) is 1.92. The minimum atomic E-state index is -1.70. The number of imide groups is 2. The third-order valence-corrected chi connectivity index (χ3v) is 6.59. The monoisotopic (exact) mass is 455 g/mol. The van der Waals surface area contributed by atoms with E-state index in [4.69, 9.17) is 9.26 Å². The van der Waals surface area contributed by atoms with E-state index in [1.54, 1.807) is 17.9 Å². The molecule has 3 aromatic rings. The number of urea groups is 1. The molecule has 2 saturated heterocycles. The molecule has 12 nitrogen and oxygen atoms in total. The summed E-state index contributed by atoms with van der Waals surface area (Å²) in [6.45, 7) is 3.78. The third kappa shape index (κ3) is 2.53. The zero-order valence-electron chi connectivity index (χ0n) is 17.5. The summed E-state index contributed by atoms with van der Waals surface area (Å²) in [4.78, 5) is 39.9. The van der Waals surface area contributed by atoms with Crippen molar-refractivity contribution in [1.29, 1.82) is 0 Å². The summed E-state index contributed by atoms with van der Waals surface area (Å²) in [5.41, 5.74) is -1.15. The van der Waals surface area contributed by atoms with Crippen molar-refractivity contribution < 1.29 is 28.0 Å². The summed E-state index contributed by atoms with van der Waals surface area (Å²) in [5.74, 6) is -1.93. The first-order chi connectivity index (χ1) is 15.8. The van der Waals surface area contributed by atoms with Crippen molar-refractivity contribution in [2.75, 3.05) is 11.4 Å². The lowest BCUT2D eigenvalue weighted by Crippen LogP contribution is -2.75. The summed E-state index contributed by atoms with van der Waals surface area (Å²) >= 11 is 0. The maximum absolute atomic E-state index is 15.9. The van der Waals surface area contributed by atoms with Gasteiger partial charge in [0.1, 0.15) is 0 Å². The van der Waals surface area contributed by atoms with Crippen molar-refractivity contribution in [3.63, 3.8) is 0 Å². The second-order valence-electron chi connectivity index (χ2n) is 8.56. The number of fused-ring (bicyclic) bond motifs is 5. The van der Waals surface area contributed by atoms with E-state index < -0.39 is 41.2 Å². The van der Waals surface area contributed by atoms with E-state index >= 15 is 4.39 Å². The molecule has 2 fully saturated rings. The highest BCUT2D eigenvalue weighted by atomic mass is 19.1. The summed E-state index contributed by atoms with van der Waals surface area (Å²) in [6, 6.07) is -0.0973. The molecule has 0 radical (unpaired) electrons. The van der Waals surface area contributed by atoms with Crippen molar-refractivity contribution in [3.05, 3.63) is 29.8 Å². The van der Waals surface area contributed by atoms with Gasteiger partial charge >= 0.3 is 6.03 Å². The van der Waals surface area contributed by atoms with Crippen molar-refractivity contribution in [3.8, 4) is 5.82 Å². The smallest absolute Gasteiger partial charge is 0.328 e. The zero-order valence-corrected chi connectivity index (χ0v) is 17.5. The number of aromatic nitrogens is 4. The average molecular weight is 455 g/mol. The summed E-state index contributed by atoms with van der Waals surface area (Å²) in [7, 11) is 0. The van der Waals surface area contributed by atoms with Gasteiger partial charge in [-0.15, -0.1) is 5.10 Å².